The summed E-state index contributed by atoms with van der Waals surface area (Å²) in [4.78, 5) is 44.7. The molecule has 5 N–H and O–H groups in total. The molecule has 1 saturated heterocycles. The minimum atomic E-state index is -0.861. The van der Waals surface area contributed by atoms with Crippen LogP contribution < -0.4 is 16.2 Å². The van der Waals surface area contributed by atoms with E-state index < -0.39 is 6.10 Å². The van der Waals surface area contributed by atoms with Gasteiger partial charge in [-0.2, -0.15) is 0 Å². The molecule has 4 aromatic carbocycles. The van der Waals surface area contributed by atoms with E-state index in [2.05, 4.69) is 44.8 Å². The fourth-order valence-corrected chi connectivity index (χ4v) is 8.89. The van der Waals surface area contributed by atoms with Gasteiger partial charge < -0.3 is 39.8 Å². The SMILES string of the molecule is CCCN(CCNC[C@H](O)c1ccc(O)c2[nH]c(=O)ccc12)C(=O)CCOCCc1ccc(CCN2C[C@H]3C[C@H](OC(=O)Nc4ccccc4-c4ccccc4)C[C@H]3C2)cc1. The number of hydrogen-bond donors (Lipinski definition) is 5. The lowest BCUT2D eigenvalue weighted by atomic mass is 10.0. The lowest BCUT2D eigenvalue weighted by Gasteiger charge is -2.23. The van der Waals surface area contributed by atoms with Crippen molar-refractivity contribution in [2.75, 3.05) is 64.3 Å². The van der Waals surface area contributed by atoms with E-state index in [0.29, 0.717) is 67.6 Å². The summed E-state index contributed by atoms with van der Waals surface area (Å²) in [5.41, 5.74) is 5.87. The van der Waals surface area contributed by atoms with E-state index in [1.165, 1.54) is 23.3 Å². The molecule has 61 heavy (non-hydrogen) atoms. The molecule has 4 atom stereocenters. The van der Waals surface area contributed by atoms with Gasteiger partial charge in [0.05, 0.1) is 36.9 Å². The number of hydrogen-bond acceptors (Lipinski definition) is 9. The highest BCUT2D eigenvalue weighted by Crippen LogP contribution is 2.40. The number of ether oxygens (including phenoxy) is 2. The topological polar surface area (TPSA) is 156 Å². The van der Waals surface area contributed by atoms with Crippen molar-refractivity contribution in [3.05, 3.63) is 130 Å². The highest BCUT2D eigenvalue weighted by atomic mass is 16.6. The van der Waals surface area contributed by atoms with Crippen LogP contribution in [0.4, 0.5) is 10.5 Å². The fourth-order valence-electron chi connectivity index (χ4n) is 8.89. The number of H-pyrrole nitrogens is 1. The summed E-state index contributed by atoms with van der Waals surface area (Å²) in [6, 6.07) is 32.7. The number of rotatable bonds is 20. The van der Waals surface area contributed by atoms with E-state index in [4.69, 9.17) is 9.47 Å². The molecule has 1 saturated carbocycles. The zero-order valence-electron chi connectivity index (χ0n) is 35.1. The number of carbonyl (C=O) groups is 2. The Balaban J connectivity index is 0.748. The molecule has 2 fully saturated rings. The van der Waals surface area contributed by atoms with Gasteiger partial charge in [0.25, 0.3) is 0 Å². The molecular weight excluding hydrogens is 771 g/mol. The van der Waals surface area contributed by atoms with Crippen molar-refractivity contribution >= 4 is 28.6 Å². The molecule has 1 aromatic heterocycles. The summed E-state index contributed by atoms with van der Waals surface area (Å²) in [6.07, 6.45) is 3.45. The highest BCUT2D eigenvalue weighted by Gasteiger charge is 2.42. The lowest BCUT2D eigenvalue weighted by Crippen LogP contribution is -2.38. The predicted molar refractivity (Wildman–Crippen MR) is 239 cm³/mol. The van der Waals surface area contributed by atoms with Gasteiger partial charge in [-0.25, -0.2) is 4.79 Å². The largest absolute Gasteiger partial charge is 0.506 e. The number of phenolic OH excluding ortho intramolecular Hbond substituents is 1. The van der Waals surface area contributed by atoms with Gasteiger partial charge in [-0.3, -0.25) is 14.9 Å². The number of phenols is 1. The Morgan fingerprint density at radius 1 is 0.869 bits per heavy atom. The number of pyridine rings is 1. The molecule has 7 rings (SSSR count). The first-order valence-electron chi connectivity index (χ1n) is 21.8. The third-order valence-corrected chi connectivity index (χ3v) is 12.0. The Hall–Kier alpha value is -5.53. The van der Waals surface area contributed by atoms with Gasteiger partial charge in [0.2, 0.25) is 11.5 Å². The normalized spacial score (nSPS) is 17.9. The van der Waals surface area contributed by atoms with Crippen molar-refractivity contribution in [1.29, 1.82) is 0 Å². The smallest absolute Gasteiger partial charge is 0.411 e. The van der Waals surface area contributed by atoms with Crippen LogP contribution in [0, 0.1) is 11.8 Å². The molecule has 0 unspecified atom stereocenters. The number of aliphatic hydroxyl groups is 1. The number of aromatic nitrogens is 1. The van der Waals surface area contributed by atoms with Crippen molar-refractivity contribution in [2.45, 2.75) is 57.7 Å². The van der Waals surface area contributed by atoms with Gasteiger partial charge in [0.1, 0.15) is 11.9 Å². The molecule has 2 aliphatic rings. The molecule has 322 valence electrons. The average Bonchev–Trinajstić information content (AvgIpc) is 3.83. The number of likely N-dealkylation sites (tertiary alicyclic amines) is 1. The zero-order chi connectivity index (χ0) is 42.6. The summed E-state index contributed by atoms with van der Waals surface area (Å²) in [6.45, 7) is 7.97. The maximum Gasteiger partial charge on any atom is 0.411 e. The Bertz CT molecular complexity index is 2250. The Labute approximate surface area is 357 Å². The van der Waals surface area contributed by atoms with Crippen molar-refractivity contribution in [2.24, 2.45) is 11.8 Å². The van der Waals surface area contributed by atoms with Gasteiger partial charge in [0, 0.05) is 62.8 Å². The monoisotopic (exact) mass is 829 g/mol. The number of anilines is 1. The van der Waals surface area contributed by atoms with E-state index >= 15 is 0 Å². The first kappa shape index (κ1) is 43.6. The molecule has 12 heteroatoms. The van der Waals surface area contributed by atoms with Crippen molar-refractivity contribution in [3.8, 4) is 16.9 Å². The van der Waals surface area contributed by atoms with Crippen LogP contribution in [-0.2, 0) is 27.1 Å². The second kappa shape index (κ2) is 21.3. The maximum atomic E-state index is 13.0. The van der Waals surface area contributed by atoms with Crippen molar-refractivity contribution in [1.82, 2.24) is 20.1 Å². The summed E-state index contributed by atoms with van der Waals surface area (Å²) in [5, 5.41) is 27.8. The fraction of sp³-hybridized carbons (Fsp3) is 0.408. The zero-order valence-corrected chi connectivity index (χ0v) is 35.1. The van der Waals surface area contributed by atoms with E-state index in [1.54, 1.807) is 12.1 Å². The minimum absolute atomic E-state index is 0.0425. The average molecular weight is 830 g/mol. The number of aromatic hydroxyl groups is 1. The third-order valence-electron chi connectivity index (χ3n) is 12.0. The van der Waals surface area contributed by atoms with E-state index in [1.807, 2.05) is 66.4 Å². The number of nitrogens with zero attached hydrogens (tertiary/aromatic N) is 2. The van der Waals surface area contributed by atoms with Gasteiger partial charge in [-0.1, -0.05) is 85.8 Å². The summed E-state index contributed by atoms with van der Waals surface area (Å²) < 4.78 is 11.8. The number of carbonyl (C=O) groups excluding carboxylic acids is 2. The summed E-state index contributed by atoms with van der Waals surface area (Å²) >= 11 is 0. The number of nitrogens with one attached hydrogen (secondary N) is 3. The standard InChI is InChI=1S/C49H59N5O7/c1-2-24-54(26-23-50-31-45(56)41-16-18-44(55)48-42(41)17-19-46(57)52-48)47(58)22-28-60-27-21-35-14-12-34(13-15-35)20-25-53-32-37-29-39(30-38(37)33-53)61-49(59)51-43-11-7-6-10-40(43)36-8-4-3-5-9-36/h3-19,37-39,45,50,55-56H,2,20-33H2,1H3,(H,51,59)(H,52,57)/t37-,38+,39+,45-/m0/s1. The first-order valence-corrected chi connectivity index (χ1v) is 21.8. The van der Waals surface area contributed by atoms with Crippen LogP contribution in [0.1, 0.15) is 55.4 Å². The molecule has 5 aromatic rings. The molecule has 0 radical (unpaired) electrons. The van der Waals surface area contributed by atoms with Crippen LogP contribution in [0.5, 0.6) is 5.75 Å². The van der Waals surface area contributed by atoms with Crippen LogP contribution in [0.3, 0.4) is 0 Å². The molecule has 1 aliphatic carbocycles. The molecule has 12 nitrogen and oxygen atoms in total. The lowest BCUT2D eigenvalue weighted by molar-refractivity contribution is -0.132. The quantitative estimate of drug-likeness (QED) is 0.0526. The number of fused-ring (bicyclic) bond motifs is 2. The molecular formula is C49H59N5O7. The van der Waals surface area contributed by atoms with Crippen molar-refractivity contribution < 1.29 is 29.3 Å². The van der Waals surface area contributed by atoms with Gasteiger partial charge in [-0.05, 0) is 84.4 Å². The van der Waals surface area contributed by atoms with Crippen LogP contribution in [0.2, 0.25) is 0 Å². The number of benzene rings is 4. The minimum Gasteiger partial charge on any atom is -0.506 e. The molecule has 0 spiro atoms. The van der Waals surface area contributed by atoms with Crippen LogP contribution in [0.15, 0.2) is 108 Å². The summed E-state index contributed by atoms with van der Waals surface area (Å²) in [5.74, 6) is 1.10. The predicted octanol–water partition coefficient (Wildman–Crippen LogP) is 6.91. The van der Waals surface area contributed by atoms with Crippen molar-refractivity contribution in [3.63, 3.8) is 0 Å². The van der Waals surface area contributed by atoms with E-state index in [9.17, 15) is 24.6 Å². The maximum absolute atomic E-state index is 13.0. The third kappa shape index (κ3) is 11.9. The number of aromatic amines is 1. The Morgan fingerprint density at radius 2 is 1.59 bits per heavy atom. The van der Waals surface area contributed by atoms with Crippen LogP contribution in [-0.4, -0.2) is 102 Å². The molecule has 2 amide bonds. The van der Waals surface area contributed by atoms with E-state index in [-0.39, 0.29) is 36.0 Å². The number of para-hydroxylation sites is 1. The summed E-state index contributed by atoms with van der Waals surface area (Å²) in [7, 11) is 0. The Morgan fingerprint density at radius 3 is 2.34 bits per heavy atom. The number of amides is 2. The van der Waals surface area contributed by atoms with Gasteiger partial charge >= 0.3 is 6.09 Å². The second-order valence-corrected chi connectivity index (χ2v) is 16.4. The van der Waals surface area contributed by atoms with Gasteiger partial charge in [0.15, 0.2) is 0 Å². The van der Waals surface area contributed by atoms with Gasteiger partial charge in [-0.15, -0.1) is 0 Å². The second-order valence-electron chi connectivity index (χ2n) is 16.4. The highest BCUT2D eigenvalue weighted by molar-refractivity contribution is 5.91. The first-order chi connectivity index (χ1) is 29.7. The Kier molecular flexibility index (Phi) is 15.2. The van der Waals surface area contributed by atoms with E-state index in [0.717, 1.165) is 68.6 Å². The molecule has 1 aliphatic heterocycles. The van der Waals surface area contributed by atoms with Crippen LogP contribution in [0.25, 0.3) is 22.0 Å². The number of aliphatic hydroxyl groups excluding tert-OH is 1. The molecule has 0 bridgehead atoms. The molecule has 2 heterocycles. The van der Waals surface area contributed by atoms with Crippen LogP contribution >= 0.6 is 0 Å².